The maximum absolute atomic E-state index is 11.8. The molecule has 0 spiro atoms. The zero-order valence-electron chi connectivity index (χ0n) is 54.3. The van der Waals surface area contributed by atoms with E-state index in [0.717, 1.165) is 0 Å². The number of ether oxygens (including phenoxy) is 14. The van der Waals surface area contributed by atoms with Gasteiger partial charge in [0.05, 0.1) is 103 Å². The van der Waals surface area contributed by atoms with E-state index in [9.17, 15) is 77.3 Å². The van der Waals surface area contributed by atoms with Crippen LogP contribution in [0.25, 0.3) is 0 Å². The molecule has 30 nitrogen and oxygen atoms in total. The van der Waals surface area contributed by atoms with Crippen LogP contribution in [0.2, 0.25) is 0 Å². The monoisotopic (exact) mass is 1660 g/mol. The molecule has 0 heterocycles. The summed E-state index contributed by atoms with van der Waals surface area (Å²) in [6.45, 7) is -3.15. The lowest BCUT2D eigenvalue weighted by molar-refractivity contribution is -0.172. The zero-order valence-corrected chi connectivity index (χ0v) is 65.9. The first kappa shape index (κ1) is 102. The van der Waals surface area contributed by atoms with Gasteiger partial charge in [-0.1, -0.05) is 6.92 Å². The molecule has 0 aliphatic carbocycles. The predicted molar refractivity (Wildman–Crippen MR) is 400 cm³/mol. The minimum absolute atomic E-state index is 0.0670. The number of aliphatic hydroxyl groups excluding tert-OH is 2. The number of hydrogen-bond donors (Lipinski definition) is 15. The number of hydrogen-bond acceptors (Lipinski definition) is 43. The maximum Gasteiger partial charge on any atom is 0.315 e. The molecule has 0 aromatic carbocycles. The third kappa shape index (κ3) is 55.2. The second-order valence-corrected chi connectivity index (χ2v) is 25.2. The quantitative estimate of drug-likeness (QED) is 0.0234. The molecule has 2 N–H and O–H groups in total. The second-order valence-electron chi connectivity index (χ2n) is 20.3. The van der Waals surface area contributed by atoms with Crippen molar-refractivity contribution in [1.82, 2.24) is 0 Å². The number of carbonyl (C=O) groups is 14. The number of thiol groups is 13. The molecule has 0 bridgehead atoms. The smallest absolute Gasteiger partial charge is 0.315 e. The van der Waals surface area contributed by atoms with Crippen LogP contribution < -0.4 is 0 Å². The third-order valence-electron chi connectivity index (χ3n) is 11.5. The SMILES string of the molecule is CCCC(=O)OCC(CO)(COC(=O)CCS)COC(=O)CCS.O=C(CCS)OCC(COC(=O)CCS)(COC(=O)CCS)COC(=O)CCS.O=C(CS)OCC(CO)(COC(=O)CS)COC(=O)CS.O=C(CS)OCC(COC(=O)CS)(COC(=O)CS)COC(=O)CS. The lowest BCUT2D eigenvalue weighted by Crippen LogP contribution is -2.44. The van der Waals surface area contributed by atoms with E-state index < -0.39 is 118 Å². The highest BCUT2D eigenvalue weighted by molar-refractivity contribution is 7.82. The Bertz CT molecular complexity index is 2110. The van der Waals surface area contributed by atoms with E-state index in [4.69, 9.17) is 66.3 Å². The molecular formula is C56H92O30S13. The van der Waals surface area contributed by atoms with Crippen molar-refractivity contribution in [2.24, 2.45) is 21.7 Å². The van der Waals surface area contributed by atoms with Crippen molar-refractivity contribution < 1.29 is 144 Å². The van der Waals surface area contributed by atoms with Crippen molar-refractivity contribution in [3.05, 3.63) is 0 Å². The zero-order chi connectivity index (χ0) is 76.1. The molecule has 0 unspecified atom stereocenters. The standard InChI is InChI=1S/C17H28O8S4.C15H26O7S2.C13H20O8S4.C11H18O7S3/c18-13(1-5-26)22-9-17(10-23-14(19)2-6-27,11-24-15(20)3-7-28)12-25-16(21)4-8-29;1-2-3-12(17)20-9-15(8-16,10-21-13(18)4-6-23)11-22-14(19)5-7-24;14-9(1-22)18-5-13(6-19-10(15)2-23,7-20-11(16)3-24)8-21-12(17)4-25;12-4-11(5-16-8(13)1-19,6-17-9(14)2-20)7-18-10(15)3-21/h26-29H,1-12H2;16,23-24H,2-11H2,1H3;22-25H,1-8H2;12,19-21H,1-7H2. The highest BCUT2D eigenvalue weighted by atomic mass is 32.1. The molecular weight excluding hydrogens is 1570 g/mol. The minimum atomic E-state index is -1.28. The molecule has 0 aromatic heterocycles. The second kappa shape index (κ2) is 64.6. The fourth-order valence-corrected chi connectivity index (χ4v) is 7.61. The summed E-state index contributed by atoms with van der Waals surface area (Å²) in [5.41, 5.74) is -4.97. The lowest BCUT2D eigenvalue weighted by Gasteiger charge is -2.31. The van der Waals surface area contributed by atoms with Gasteiger partial charge in [-0.3, -0.25) is 67.1 Å². The molecule has 0 aliphatic rings. The fourth-order valence-electron chi connectivity index (χ4n) is 5.87. The summed E-state index contributed by atoms with van der Waals surface area (Å²) in [4.78, 5) is 161. The average Bonchev–Trinajstić information content (AvgIpc) is 0.939. The highest BCUT2D eigenvalue weighted by Crippen LogP contribution is 2.25. The first-order chi connectivity index (χ1) is 47.0. The van der Waals surface area contributed by atoms with Crippen LogP contribution >= 0.6 is 164 Å². The van der Waals surface area contributed by atoms with E-state index in [1.165, 1.54) is 0 Å². The molecule has 0 aliphatic heterocycles. The van der Waals surface area contributed by atoms with Gasteiger partial charge in [-0.2, -0.15) is 164 Å². The summed E-state index contributed by atoms with van der Waals surface area (Å²) >= 11 is 50.1. The van der Waals surface area contributed by atoms with Gasteiger partial charge in [0, 0.05) is 40.9 Å². The topological polar surface area (TPSA) is 409 Å². The molecule has 0 radical (unpaired) electrons. The van der Waals surface area contributed by atoms with E-state index in [-0.39, 0.29) is 201 Å². The largest absolute Gasteiger partial charge is 0.465 e. The van der Waals surface area contributed by atoms with Crippen molar-refractivity contribution in [2.45, 2.75) is 58.3 Å². The fraction of sp³-hybridized carbons (Fsp3) is 0.750. The van der Waals surface area contributed by atoms with Gasteiger partial charge < -0.3 is 76.5 Å². The van der Waals surface area contributed by atoms with Gasteiger partial charge >= 0.3 is 83.6 Å². The molecule has 0 fully saturated rings. The third-order valence-corrected chi connectivity index (χ3v) is 14.6. The molecule has 0 saturated heterocycles. The Morgan fingerprint density at radius 1 is 0.212 bits per heavy atom. The molecule has 0 amide bonds. The van der Waals surface area contributed by atoms with Gasteiger partial charge in [0.2, 0.25) is 0 Å². The molecule has 0 atom stereocenters. The minimum Gasteiger partial charge on any atom is -0.465 e. The number of esters is 14. The molecule has 43 heteroatoms. The van der Waals surface area contributed by atoms with Crippen LogP contribution in [0.15, 0.2) is 0 Å². The summed E-state index contributed by atoms with van der Waals surface area (Å²) in [7, 11) is 0. The molecule has 0 rings (SSSR count). The normalized spacial score (nSPS) is 10.9. The van der Waals surface area contributed by atoms with Crippen LogP contribution in [0.4, 0.5) is 0 Å². The summed E-state index contributed by atoms with van der Waals surface area (Å²) in [6, 6.07) is 0. The summed E-state index contributed by atoms with van der Waals surface area (Å²) in [6.07, 6.45) is 1.35. The molecule has 99 heavy (non-hydrogen) atoms. The van der Waals surface area contributed by atoms with Crippen LogP contribution in [0.1, 0.15) is 58.3 Å². The lowest BCUT2D eigenvalue weighted by atomic mass is 9.92. The van der Waals surface area contributed by atoms with Crippen LogP contribution in [-0.4, -0.2) is 274 Å². The van der Waals surface area contributed by atoms with E-state index in [1.807, 2.05) is 6.92 Å². The van der Waals surface area contributed by atoms with Crippen LogP contribution in [-0.2, 0) is 133 Å². The van der Waals surface area contributed by atoms with Crippen molar-refractivity contribution in [1.29, 1.82) is 0 Å². The van der Waals surface area contributed by atoms with E-state index in [0.29, 0.717) is 17.9 Å². The van der Waals surface area contributed by atoms with Crippen molar-refractivity contribution in [3.8, 4) is 0 Å². The summed E-state index contributed by atoms with van der Waals surface area (Å²) < 4.78 is 70.8. The Morgan fingerprint density at radius 2 is 0.333 bits per heavy atom. The first-order valence-corrected chi connectivity index (χ1v) is 37.5. The Kier molecular flexibility index (Phi) is 66.9. The highest BCUT2D eigenvalue weighted by Gasteiger charge is 2.40. The summed E-state index contributed by atoms with van der Waals surface area (Å²) in [5, 5.41) is 19.2. The van der Waals surface area contributed by atoms with E-state index in [2.05, 4.69) is 164 Å². The maximum atomic E-state index is 11.8. The van der Waals surface area contributed by atoms with Crippen LogP contribution in [0.3, 0.4) is 0 Å². The Hall–Kier alpha value is -2.95. The van der Waals surface area contributed by atoms with Gasteiger partial charge in [0.1, 0.15) is 103 Å². The van der Waals surface area contributed by atoms with Crippen LogP contribution in [0, 0.1) is 21.7 Å². The van der Waals surface area contributed by atoms with Crippen molar-refractivity contribution in [3.63, 3.8) is 0 Å². The summed E-state index contributed by atoms with van der Waals surface area (Å²) in [5.74, 6) is -7.32. The van der Waals surface area contributed by atoms with E-state index in [1.54, 1.807) is 0 Å². The van der Waals surface area contributed by atoms with Gasteiger partial charge in [-0.05, 0) is 6.42 Å². The first-order valence-electron chi connectivity index (χ1n) is 29.3. The number of aliphatic hydroxyl groups is 2. The predicted octanol–water partition coefficient (Wildman–Crippen LogP) is 1.71. The average molecular weight is 1660 g/mol. The Balaban J connectivity index is -0.000000612. The van der Waals surface area contributed by atoms with Gasteiger partial charge in [-0.15, -0.1) is 0 Å². The number of rotatable bonds is 51. The number of carbonyl (C=O) groups excluding carboxylic acids is 14. The molecule has 0 aromatic rings. The molecule has 574 valence electrons. The van der Waals surface area contributed by atoms with Gasteiger partial charge in [-0.25, -0.2) is 0 Å². The van der Waals surface area contributed by atoms with Crippen LogP contribution in [0.5, 0.6) is 0 Å². The van der Waals surface area contributed by atoms with Crippen molar-refractivity contribution in [2.75, 3.05) is 180 Å². The van der Waals surface area contributed by atoms with Crippen molar-refractivity contribution >= 4 is 248 Å². The Morgan fingerprint density at radius 3 is 0.444 bits per heavy atom. The van der Waals surface area contributed by atoms with Gasteiger partial charge in [0.15, 0.2) is 0 Å². The van der Waals surface area contributed by atoms with Gasteiger partial charge in [0.25, 0.3) is 0 Å². The van der Waals surface area contributed by atoms with E-state index >= 15 is 0 Å². The molecule has 0 saturated carbocycles. The Labute approximate surface area is 646 Å².